The number of anilines is 1. The van der Waals surface area contributed by atoms with E-state index in [0.29, 0.717) is 12.8 Å². The Hall–Kier alpha value is -2.20. The molecular weight excluding hydrogens is 288 g/mol. The van der Waals surface area contributed by atoms with Crippen LogP contribution in [0.3, 0.4) is 0 Å². The van der Waals surface area contributed by atoms with Gasteiger partial charge in [0.2, 0.25) is 5.91 Å². The van der Waals surface area contributed by atoms with Crippen molar-refractivity contribution in [2.24, 2.45) is 0 Å². The van der Waals surface area contributed by atoms with Gasteiger partial charge in [0.25, 0.3) is 0 Å². The number of rotatable bonds is 5. The number of nitrogens with zero attached hydrogens (tertiary/aromatic N) is 1. The van der Waals surface area contributed by atoms with Gasteiger partial charge in [-0.25, -0.2) is 0 Å². The standard InChI is InChI=1S/C19H22N2O2/c1-3-11-20-12-10-19-13-15(23)8-9-18(19)21(14(2)22)17-7-5-4-6-16(17)19/h3-7,9,20H,1,8,10-13H2,2H3. The fourth-order valence-electron chi connectivity index (χ4n) is 3.84. The third kappa shape index (κ3) is 2.53. The molecule has 0 saturated carbocycles. The molecule has 1 unspecified atom stereocenters. The molecule has 4 heteroatoms. The predicted octanol–water partition coefficient (Wildman–Crippen LogP) is 2.70. The van der Waals surface area contributed by atoms with Gasteiger partial charge in [-0.05, 0) is 24.6 Å². The number of Topliss-reactive ketones (excluding diaryl/α,β-unsaturated/α-hetero) is 1. The quantitative estimate of drug-likeness (QED) is 0.672. The number of hydrogen-bond donors (Lipinski definition) is 1. The van der Waals surface area contributed by atoms with E-state index in [2.05, 4.69) is 18.0 Å². The molecule has 0 radical (unpaired) electrons. The zero-order valence-electron chi connectivity index (χ0n) is 13.5. The highest BCUT2D eigenvalue weighted by Gasteiger charge is 2.50. The molecule has 1 aliphatic carbocycles. The lowest BCUT2D eigenvalue weighted by atomic mass is 9.70. The topological polar surface area (TPSA) is 49.4 Å². The molecule has 1 aromatic rings. The Morgan fingerprint density at radius 2 is 2.22 bits per heavy atom. The van der Waals surface area contributed by atoms with Crippen LogP contribution >= 0.6 is 0 Å². The summed E-state index contributed by atoms with van der Waals surface area (Å²) >= 11 is 0. The molecule has 0 spiro atoms. The summed E-state index contributed by atoms with van der Waals surface area (Å²) in [5.74, 6) is 0.233. The van der Waals surface area contributed by atoms with Crippen molar-refractivity contribution < 1.29 is 9.59 Å². The summed E-state index contributed by atoms with van der Waals surface area (Å²) in [4.78, 5) is 26.2. The third-order valence-electron chi connectivity index (χ3n) is 4.75. The maximum atomic E-state index is 12.2. The first-order chi connectivity index (χ1) is 11.1. The largest absolute Gasteiger partial charge is 0.313 e. The number of amides is 1. The summed E-state index contributed by atoms with van der Waals surface area (Å²) in [5, 5.41) is 3.32. The van der Waals surface area contributed by atoms with Gasteiger partial charge in [-0.2, -0.15) is 0 Å². The Kier molecular flexibility index (Phi) is 4.18. The second-order valence-corrected chi connectivity index (χ2v) is 6.21. The van der Waals surface area contributed by atoms with Gasteiger partial charge in [0, 0.05) is 37.4 Å². The Morgan fingerprint density at radius 1 is 1.43 bits per heavy atom. The van der Waals surface area contributed by atoms with Crippen molar-refractivity contribution in [3.63, 3.8) is 0 Å². The number of ketones is 1. The molecule has 23 heavy (non-hydrogen) atoms. The molecular formula is C19H22N2O2. The SMILES string of the molecule is C=CCNCCC12CC(=O)CC=C1N(C(C)=O)c1ccccc12. The molecule has 1 heterocycles. The minimum absolute atomic E-state index is 0.000949. The van der Waals surface area contributed by atoms with Crippen LogP contribution in [0, 0.1) is 0 Å². The van der Waals surface area contributed by atoms with Crippen molar-refractivity contribution in [1.29, 1.82) is 0 Å². The number of hydrogen-bond acceptors (Lipinski definition) is 3. The van der Waals surface area contributed by atoms with Crippen LogP contribution in [0.25, 0.3) is 0 Å². The Bertz CT molecular complexity index is 692. The minimum atomic E-state index is -0.383. The summed E-state index contributed by atoms with van der Waals surface area (Å²) in [7, 11) is 0. The second kappa shape index (κ2) is 6.13. The number of para-hydroxylation sites is 1. The van der Waals surface area contributed by atoms with E-state index in [0.717, 1.165) is 36.5 Å². The molecule has 1 aliphatic heterocycles. The summed E-state index contributed by atoms with van der Waals surface area (Å²) in [6.07, 6.45) is 5.44. The van der Waals surface area contributed by atoms with Crippen LogP contribution in [-0.4, -0.2) is 24.8 Å². The highest BCUT2D eigenvalue weighted by Crippen LogP contribution is 2.53. The van der Waals surface area contributed by atoms with E-state index in [1.165, 1.54) is 0 Å². The van der Waals surface area contributed by atoms with Crippen LogP contribution in [-0.2, 0) is 15.0 Å². The molecule has 0 bridgehead atoms. The van der Waals surface area contributed by atoms with E-state index < -0.39 is 0 Å². The van der Waals surface area contributed by atoms with Crippen molar-refractivity contribution in [2.75, 3.05) is 18.0 Å². The van der Waals surface area contributed by atoms with E-state index in [-0.39, 0.29) is 17.1 Å². The summed E-state index contributed by atoms with van der Waals surface area (Å²) in [5.41, 5.74) is 2.61. The van der Waals surface area contributed by atoms with E-state index in [9.17, 15) is 9.59 Å². The molecule has 0 aromatic heterocycles. The van der Waals surface area contributed by atoms with Crippen LogP contribution in [0.5, 0.6) is 0 Å². The van der Waals surface area contributed by atoms with Crippen molar-refractivity contribution in [1.82, 2.24) is 5.32 Å². The average Bonchev–Trinajstić information content (AvgIpc) is 2.82. The highest BCUT2D eigenvalue weighted by molar-refractivity contribution is 6.01. The Balaban J connectivity index is 2.06. The minimum Gasteiger partial charge on any atom is -0.313 e. The van der Waals surface area contributed by atoms with Crippen LogP contribution in [0.15, 0.2) is 48.7 Å². The van der Waals surface area contributed by atoms with E-state index in [1.54, 1.807) is 11.8 Å². The molecule has 4 nitrogen and oxygen atoms in total. The molecule has 0 fully saturated rings. The molecule has 3 rings (SSSR count). The van der Waals surface area contributed by atoms with Crippen molar-refractivity contribution in [3.05, 3.63) is 54.3 Å². The molecule has 120 valence electrons. The zero-order valence-corrected chi connectivity index (χ0v) is 13.5. The average molecular weight is 310 g/mol. The molecule has 2 aliphatic rings. The smallest absolute Gasteiger partial charge is 0.228 e. The van der Waals surface area contributed by atoms with Gasteiger partial charge in [-0.1, -0.05) is 30.4 Å². The number of nitrogens with one attached hydrogen (secondary N) is 1. The number of allylic oxidation sites excluding steroid dienone is 2. The lowest BCUT2D eigenvalue weighted by Crippen LogP contribution is -2.40. The molecule has 1 N–H and O–H groups in total. The maximum Gasteiger partial charge on any atom is 0.228 e. The molecule has 1 aromatic carbocycles. The van der Waals surface area contributed by atoms with Crippen LogP contribution in [0.1, 0.15) is 31.7 Å². The van der Waals surface area contributed by atoms with E-state index >= 15 is 0 Å². The summed E-state index contributed by atoms with van der Waals surface area (Å²) in [6.45, 7) is 6.81. The predicted molar refractivity (Wildman–Crippen MR) is 91.3 cm³/mol. The van der Waals surface area contributed by atoms with Crippen molar-refractivity contribution >= 4 is 17.4 Å². The zero-order chi connectivity index (χ0) is 16.4. The van der Waals surface area contributed by atoms with Gasteiger partial charge in [-0.3, -0.25) is 14.5 Å². The van der Waals surface area contributed by atoms with Gasteiger partial charge in [-0.15, -0.1) is 6.58 Å². The monoisotopic (exact) mass is 310 g/mol. The lowest BCUT2D eigenvalue weighted by Gasteiger charge is -2.35. The van der Waals surface area contributed by atoms with Crippen LogP contribution in [0.4, 0.5) is 5.69 Å². The maximum absolute atomic E-state index is 12.2. The molecule has 1 atom stereocenters. The number of carbonyl (C=O) groups excluding carboxylic acids is 2. The van der Waals surface area contributed by atoms with Crippen LogP contribution in [0.2, 0.25) is 0 Å². The first-order valence-corrected chi connectivity index (χ1v) is 8.04. The normalized spacial score (nSPS) is 22.4. The summed E-state index contributed by atoms with van der Waals surface area (Å²) in [6, 6.07) is 7.95. The Morgan fingerprint density at radius 3 is 2.96 bits per heavy atom. The third-order valence-corrected chi connectivity index (χ3v) is 4.75. The Labute approximate surface area is 136 Å². The lowest BCUT2D eigenvalue weighted by molar-refractivity contribution is -0.120. The first kappa shape index (κ1) is 15.7. The van der Waals surface area contributed by atoms with Crippen molar-refractivity contribution in [3.8, 4) is 0 Å². The number of carbonyl (C=O) groups is 2. The van der Waals surface area contributed by atoms with E-state index in [1.807, 2.05) is 30.4 Å². The van der Waals surface area contributed by atoms with Gasteiger partial charge in [0.1, 0.15) is 5.78 Å². The number of benzene rings is 1. The second-order valence-electron chi connectivity index (χ2n) is 6.21. The van der Waals surface area contributed by atoms with Gasteiger partial charge in [0.15, 0.2) is 0 Å². The van der Waals surface area contributed by atoms with Crippen LogP contribution < -0.4 is 10.2 Å². The highest BCUT2D eigenvalue weighted by atomic mass is 16.2. The van der Waals surface area contributed by atoms with Gasteiger partial charge >= 0.3 is 0 Å². The fraction of sp³-hybridized carbons (Fsp3) is 0.368. The van der Waals surface area contributed by atoms with Crippen molar-refractivity contribution in [2.45, 2.75) is 31.6 Å². The van der Waals surface area contributed by atoms with Gasteiger partial charge in [0.05, 0.1) is 5.69 Å². The fourth-order valence-corrected chi connectivity index (χ4v) is 3.84. The number of fused-ring (bicyclic) bond motifs is 3. The first-order valence-electron chi connectivity index (χ1n) is 8.04. The molecule has 1 amide bonds. The molecule has 0 saturated heterocycles. The van der Waals surface area contributed by atoms with E-state index in [4.69, 9.17) is 0 Å². The van der Waals surface area contributed by atoms with Gasteiger partial charge < -0.3 is 5.32 Å². The summed E-state index contributed by atoms with van der Waals surface area (Å²) < 4.78 is 0.